The average molecular weight is 1230 g/mol. The fraction of sp³-hybridized carbons (Fsp3) is 0. The number of pyridine rings is 4. The van der Waals surface area contributed by atoms with Crippen molar-refractivity contribution in [3.05, 3.63) is 292 Å². The van der Waals surface area contributed by atoms with Crippen LogP contribution in [0.15, 0.2) is 256 Å². The van der Waals surface area contributed by atoms with Crippen LogP contribution in [0.2, 0.25) is 0 Å². The molecule has 0 amide bonds. The van der Waals surface area contributed by atoms with Crippen molar-refractivity contribution in [2.75, 3.05) is 0 Å². The molecule has 5 aromatic heterocycles. The molecule has 68 heavy (non-hydrogen) atoms. The van der Waals surface area contributed by atoms with Gasteiger partial charge in [-0.15, -0.1) is 215 Å². The van der Waals surface area contributed by atoms with Gasteiger partial charge in [-0.1, -0.05) is 54.6 Å². The summed E-state index contributed by atoms with van der Waals surface area (Å²) in [5.74, 6) is 0. The maximum atomic E-state index is 4.28. The van der Waals surface area contributed by atoms with Gasteiger partial charge < -0.3 is 19.9 Å². The third kappa shape index (κ3) is 16.9. The van der Waals surface area contributed by atoms with Crippen molar-refractivity contribution in [3.63, 3.8) is 0 Å². The van der Waals surface area contributed by atoms with Gasteiger partial charge in [0.25, 0.3) is 0 Å². The van der Waals surface area contributed by atoms with Crippen molar-refractivity contribution < 1.29 is 40.2 Å². The molecule has 330 valence electrons. The fourth-order valence-corrected chi connectivity index (χ4v) is 6.06. The van der Waals surface area contributed by atoms with Gasteiger partial charge >= 0.3 is 40.2 Å². The van der Waals surface area contributed by atoms with Crippen LogP contribution in [0.4, 0.5) is 0 Å². The third-order valence-corrected chi connectivity index (χ3v) is 9.24. The zero-order valence-corrected chi connectivity index (χ0v) is 41.4. The van der Waals surface area contributed by atoms with Crippen LogP contribution < -0.4 is 0 Å². The SMILES string of the molecule is [Ir+3].[Ir+3].[c-]1ccccc1-c1cc(-c2[c-]cccc2)ncn1.[c-]1ccccc1-c1ccccn1.[c-]1ccccc1-c1ccccn1.[c-]1ccccc1-c1ccccn1.[c-]1ccccc1-c1ccccn1. The molecular formula is C60H42Ir2N6. The van der Waals surface area contributed by atoms with Crippen molar-refractivity contribution in [1.29, 1.82) is 0 Å². The summed E-state index contributed by atoms with van der Waals surface area (Å²) in [6.45, 7) is 0. The Balaban J connectivity index is 0.000000159. The Morgan fingerprint density at radius 1 is 0.221 bits per heavy atom. The van der Waals surface area contributed by atoms with E-state index < -0.39 is 0 Å². The number of hydrogen-bond acceptors (Lipinski definition) is 6. The maximum absolute atomic E-state index is 4.28. The van der Waals surface area contributed by atoms with E-state index in [4.69, 9.17) is 0 Å². The molecule has 0 aliphatic heterocycles. The smallest absolute Gasteiger partial charge is 0.305 e. The van der Waals surface area contributed by atoms with E-state index >= 15 is 0 Å². The standard InChI is InChI=1S/C16H10N2.4C11H8N.2Ir/c1-3-7-13(8-4-1)15-11-16(18-12-17-15)14-9-5-2-6-10-14;4*1-2-6-10(7-3-1)11-8-4-5-9-12-11;;/h1-7,9,11-12H;4*1-6,8-9H;;/q-2;4*-1;2*+3. The van der Waals surface area contributed by atoms with E-state index in [0.717, 1.165) is 67.5 Å². The second-order valence-electron chi connectivity index (χ2n) is 13.8. The van der Waals surface area contributed by atoms with Gasteiger partial charge in [0, 0.05) is 24.8 Å². The minimum Gasteiger partial charge on any atom is -0.305 e. The molecule has 8 heteroatoms. The van der Waals surface area contributed by atoms with Crippen LogP contribution in [0, 0.1) is 36.4 Å². The number of nitrogens with zero attached hydrogens (tertiary/aromatic N) is 6. The molecule has 0 N–H and O–H groups in total. The van der Waals surface area contributed by atoms with Gasteiger partial charge in [-0.05, 0) is 58.4 Å². The molecule has 11 rings (SSSR count). The number of benzene rings is 6. The Kier molecular flexibility index (Phi) is 22.4. The van der Waals surface area contributed by atoms with Crippen LogP contribution in [0.25, 0.3) is 67.5 Å². The molecule has 0 saturated carbocycles. The van der Waals surface area contributed by atoms with E-state index in [-0.39, 0.29) is 40.2 Å². The average Bonchev–Trinajstić information content (AvgIpc) is 3.44. The van der Waals surface area contributed by atoms with Crippen LogP contribution in [-0.4, -0.2) is 29.9 Å². The minimum atomic E-state index is 0. The molecule has 0 atom stereocenters. The first kappa shape index (κ1) is 51.3. The van der Waals surface area contributed by atoms with E-state index in [1.165, 1.54) is 0 Å². The molecule has 5 heterocycles. The summed E-state index contributed by atoms with van der Waals surface area (Å²) in [6.07, 6.45) is 8.73. The van der Waals surface area contributed by atoms with Gasteiger partial charge in [0.15, 0.2) is 0 Å². The molecule has 11 aromatic rings. The van der Waals surface area contributed by atoms with Crippen molar-refractivity contribution >= 4 is 0 Å². The second kappa shape index (κ2) is 29.8. The molecule has 6 nitrogen and oxygen atoms in total. The Morgan fingerprint density at radius 2 is 0.441 bits per heavy atom. The molecule has 0 bridgehead atoms. The maximum Gasteiger partial charge on any atom is 3.00 e. The zero-order chi connectivity index (χ0) is 45.1. The monoisotopic (exact) mass is 1230 g/mol. The van der Waals surface area contributed by atoms with Gasteiger partial charge in [0.1, 0.15) is 0 Å². The van der Waals surface area contributed by atoms with Gasteiger partial charge in [-0.3, -0.25) is 9.97 Å². The van der Waals surface area contributed by atoms with Gasteiger partial charge in [0.05, 0.1) is 6.33 Å². The summed E-state index contributed by atoms with van der Waals surface area (Å²) in [7, 11) is 0. The van der Waals surface area contributed by atoms with Crippen LogP contribution in [0.3, 0.4) is 0 Å². The second-order valence-corrected chi connectivity index (χ2v) is 13.8. The fourth-order valence-electron chi connectivity index (χ4n) is 6.06. The zero-order valence-electron chi connectivity index (χ0n) is 36.6. The summed E-state index contributed by atoms with van der Waals surface area (Å²) in [6, 6.07) is 91.1. The quantitative estimate of drug-likeness (QED) is 0.154. The first-order valence-corrected chi connectivity index (χ1v) is 21.1. The van der Waals surface area contributed by atoms with Crippen molar-refractivity contribution in [2.24, 2.45) is 0 Å². The molecule has 0 aliphatic carbocycles. The predicted molar refractivity (Wildman–Crippen MR) is 265 cm³/mol. The minimum absolute atomic E-state index is 0. The first-order chi connectivity index (χ1) is 32.8. The van der Waals surface area contributed by atoms with E-state index in [2.05, 4.69) is 66.3 Å². The molecule has 0 radical (unpaired) electrons. The van der Waals surface area contributed by atoms with Crippen LogP contribution in [0.5, 0.6) is 0 Å². The van der Waals surface area contributed by atoms with E-state index in [1.807, 2.05) is 224 Å². The topological polar surface area (TPSA) is 77.3 Å². The summed E-state index contributed by atoms with van der Waals surface area (Å²) in [5, 5.41) is 0. The summed E-state index contributed by atoms with van der Waals surface area (Å²) in [5.41, 5.74) is 11.7. The van der Waals surface area contributed by atoms with Crippen molar-refractivity contribution in [2.45, 2.75) is 0 Å². The Bertz CT molecular complexity index is 2460. The number of aromatic nitrogens is 6. The predicted octanol–water partition coefficient (Wildman–Crippen LogP) is 13.6. The van der Waals surface area contributed by atoms with E-state index in [1.54, 1.807) is 31.1 Å². The summed E-state index contributed by atoms with van der Waals surface area (Å²) in [4.78, 5) is 25.4. The molecule has 0 aliphatic rings. The van der Waals surface area contributed by atoms with Crippen LogP contribution in [0.1, 0.15) is 0 Å². The van der Waals surface area contributed by atoms with Crippen LogP contribution in [-0.2, 0) is 40.2 Å². The summed E-state index contributed by atoms with van der Waals surface area (Å²) < 4.78 is 0. The molecular weight excluding hydrogens is 1190 g/mol. The Labute approximate surface area is 426 Å². The van der Waals surface area contributed by atoms with E-state index in [0.29, 0.717) is 0 Å². The first-order valence-electron chi connectivity index (χ1n) is 21.1. The van der Waals surface area contributed by atoms with Gasteiger partial charge in [-0.25, -0.2) is 0 Å². The largest absolute Gasteiger partial charge is 3.00 e. The summed E-state index contributed by atoms with van der Waals surface area (Å²) >= 11 is 0. The van der Waals surface area contributed by atoms with E-state index in [9.17, 15) is 0 Å². The van der Waals surface area contributed by atoms with Gasteiger partial charge in [-0.2, -0.15) is 0 Å². The number of rotatable bonds is 6. The Hall–Kier alpha value is -7.70. The number of hydrogen-bond donors (Lipinski definition) is 0. The van der Waals surface area contributed by atoms with Crippen LogP contribution >= 0.6 is 0 Å². The van der Waals surface area contributed by atoms with Gasteiger partial charge in [0.2, 0.25) is 0 Å². The Morgan fingerprint density at radius 3 is 0.632 bits per heavy atom. The molecule has 6 aromatic carbocycles. The molecule has 0 spiro atoms. The molecule has 0 fully saturated rings. The third-order valence-electron chi connectivity index (χ3n) is 9.24. The molecule has 0 unspecified atom stereocenters. The normalized spacial score (nSPS) is 9.53. The van der Waals surface area contributed by atoms with Crippen molar-refractivity contribution in [1.82, 2.24) is 29.9 Å². The molecule has 0 saturated heterocycles. The van der Waals surface area contributed by atoms with Crippen molar-refractivity contribution in [3.8, 4) is 67.5 Å².